The molecule has 0 bridgehead atoms. The molecule has 322 valence electrons. The number of hydrogen-bond acceptors (Lipinski definition) is 9. The summed E-state index contributed by atoms with van der Waals surface area (Å²) in [5.74, 6) is 0.801. The number of aromatic nitrogens is 8. The first-order chi connectivity index (χ1) is 28.4. The maximum Gasteiger partial charge on any atom is 1.00 e. The molecule has 0 fully saturated rings. The van der Waals surface area contributed by atoms with Gasteiger partial charge < -0.3 is 21.3 Å². The van der Waals surface area contributed by atoms with E-state index < -0.39 is 16.9 Å². The molecule has 0 unspecified atom stereocenters. The smallest absolute Gasteiger partial charge is 1.00 e. The molecule has 0 aliphatic carbocycles. The van der Waals surface area contributed by atoms with Crippen molar-refractivity contribution < 1.29 is 46.3 Å². The van der Waals surface area contributed by atoms with E-state index >= 15 is 0 Å². The van der Waals surface area contributed by atoms with Crippen LogP contribution in [0.3, 0.4) is 0 Å². The number of aliphatic hydroxyl groups excluding tert-OH is 3. The van der Waals surface area contributed by atoms with Crippen molar-refractivity contribution in [1.82, 2.24) is 37.4 Å². The van der Waals surface area contributed by atoms with Gasteiger partial charge in [0.05, 0.1) is 6.54 Å². The number of halogens is 2. The van der Waals surface area contributed by atoms with Crippen LogP contribution in [-0.4, -0.2) is 72.5 Å². The van der Waals surface area contributed by atoms with Gasteiger partial charge in [0.25, 0.3) is 11.1 Å². The van der Waals surface area contributed by atoms with Gasteiger partial charge in [0, 0.05) is 69.0 Å². The Bertz CT molecular complexity index is 2610. The predicted octanol–water partition coefficient (Wildman–Crippen LogP) is 1.07. The number of imidazole rings is 2. The fraction of sp³-hybridized carbons (Fsp3) is 0.463. The summed E-state index contributed by atoms with van der Waals surface area (Å²) in [5, 5.41) is 27.3. The Kier molecular flexibility index (Phi) is 20.5. The average Bonchev–Trinajstić information content (AvgIpc) is 3.75. The minimum Gasteiger partial charge on any atom is -1.00 e. The van der Waals surface area contributed by atoms with E-state index in [1.807, 2.05) is 42.7 Å². The van der Waals surface area contributed by atoms with Crippen molar-refractivity contribution in [2.45, 2.75) is 105 Å². The third kappa shape index (κ3) is 11.9. The van der Waals surface area contributed by atoms with Crippen molar-refractivity contribution in [1.29, 1.82) is 0 Å². The van der Waals surface area contributed by atoms with Gasteiger partial charge in [0.15, 0.2) is 16.7 Å². The van der Waals surface area contributed by atoms with Crippen molar-refractivity contribution >= 4 is 45.5 Å². The van der Waals surface area contributed by atoms with E-state index in [9.17, 15) is 24.0 Å². The number of rotatable bonds is 16. The number of nitrogens with zero attached hydrogens (tertiary/aromatic N) is 7. The molecular weight excluding hydrogens is 826 g/mol. The second kappa shape index (κ2) is 24.4. The van der Waals surface area contributed by atoms with Crippen molar-refractivity contribution in [2.24, 2.45) is 0 Å². The number of aromatic amines is 1. The molecule has 0 aliphatic rings. The Morgan fingerprint density at radius 1 is 0.600 bits per heavy atom. The Hall–Kier alpha value is -4.00. The van der Waals surface area contributed by atoms with E-state index in [1.165, 1.54) is 13.7 Å². The van der Waals surface area contributed by atoms with Gasteiger partial charge in [-0.2, -0.15) is 0 Å². The molecule has 19 heteroatoms. The first kappa shape index (κ1) is 50.4. The van der Waals surface area contributed by atoms with E-state index in [-0.39, 0.29) is 92.7 Å². The Labute approximate surface area is 380 Å². The second-order valence-corrected chi connectivity index (χ2v) is 14.6. The van der Waals surface area contributed by atoms with Gasteiger partial charge in [0.2, 0.25) is 0 Å². The fourth-order valence-corrected chi connectivity index (χ4v) is 6.74. The molecule has 0 radical (unpaired) electrons. The van der Waals surface area contributed by atoms with Crippen molar-refractivity contribution in [3.63, 3.8) is 0 Å². The third-order valence-electron chi connectivity index (χ3n) is 9.54. The van der Waals surface area contributed by atoms with E-state index in [0.717, 1.165) is 47.2 Å². The molecule has 4 heterocycles. The Morgan fingerprint density at radius 3 is 1.52 bits per heavy atom. The maximum absolute atomic E-state index is 13.3. The molecule has 4 N–H and O–H groups in total. The van der Waals surface area contributed by atoms with Gasteiger partial charge in [-0.1, -0.05) is 67.7 Å². The molecule has 2 aromatic carbocycles. The topological polar surface area (TPSA) is 204 Å². The SMILES string of the molecule is CCCCc1nc2c(c(=O)n(CCCO)c(=O)n2CC)n1Cc1ccc(Cl)cc1.CCCO.CCn1c(=O)n(CCCO)c(=O)c2c1[nH]c(=O)n2Cc1ccc(Cl)cc1.[H-].[Na+]. The van der Waals surface area contributed by atoms with Crippen LogP contribution >= 0.6 is 23.2 Å². The van der Waals surface area contributed by atoms with Crippen LogP contribution in [0.2, 0.25) is 10.0 Å². The molecule has 0 atom stereocenters. The zero-order chi connectivity index (χ0) is 43.2. The summed E-state index contributed by atoms with van der Waals surface area (Å²) in [6.07, 6.45) is 4.17. The Morgan fingerprint density at radius 2 is 1.07 bits per heavy atom. The van der Waals surface area contributed by atoms with Crippen molar-refractivity contribution in [2.75, 3.05) is 19.8 Å². The third-order valence-corrected chi connectivity index (χ3v) is 10.0. The van der Waals surface area contributed by atoms with Gasteiger partial charge >= 0.3 is 46.6 Å². The van der Waals surface area contributed by atoms with Crippen LogP contribution in [0.5, 0.6) is 0 Å². The zero-order valence-electron chi connectivity index (χ0n) is 36.0. The standard InChI is InChI=1S/C21H27ClN4O3.C17H19ClN4O4.C3H8O.Na.H/c1-3-5-7-17-23-19-18(26(17)14-15-8-10-16(22)11-9-15)20(28)25(12-6-13-27)21(29)24(19)4-2;1-2-20-14-13(15(24)21(17(20)26)8-3-9-23)22(16(25)19-14)10-11-4-6-12(18)7-5-11;1-2-3-4;;/h8-11,27H,3-7,12-14H2,1-2H3;4-7,23H,2-3,8-10H2,1H3,(H,19,25);4H,2-3H2,1H3;;/q;;;+1;-1. The summed E-state index contributed by atoms with van der Waals surface area (Å²) in [6.45, 7) is 9.40. The molecule has 0 saturated carbocycles. The fourth-order valence-electron chi connectivity index (χ4n) is 6.48. The molecule has 6 rings (SSSR count). The molecule has 0 saturated heterocycles. The van der Waals surface area contributed by atoms with Gasteiger partial charge in [-0.3, -0.25) is 37.4 Å². The molecular formula is C41H55Cl2N8NaO8. The first-order valence-corrected chi connectivity index (χ1v) is 20.7. The maximum atomic E-state index is 13.3. The van der Waals surface area contributed by atoms with Crippen LogP contribution in [0.4, 0.5) is 0 Å². The van der Waals surface area contributed by atoms with Gasteiger partial charge in [-0.15, -0.1) is 0 Å². The van der Waals surface area contributed by atoms with Crippen LogP contribution in [0.25, 0.3) is 22.3 Å². The molecule has 0 amide bonds. The van der Waals surface area contributed by atoms with E-state index in [0.29, 0.717) is 53.9 Å². The van der Waals surface area contributed by atoms with Crippen LogP contribution < -0.4 is 57.7 Å². The number of H-pyrrole nitrogens is 1. The number of benzene rings is 2. The molecule has 0 aliphatic heterocycles. The minimum absolute atomic E-state index is 0. The number of unbranched alkanes of at least 4 members (excludes halogenated alkanes) is 1. The quantitative estimate of drug-likeness (QED) is 0.103. The van der Waals surface area contributed by atoms with Crippen molar-refractivity contribution in [3.05, 3.63) is 128 Å². The Balaban J connectivity index is 0.000000376. The summed E-state index contributed by atoms with van der Waals surface area (Å²) in [5.41, 5.74) is 0.778. The van der Waals surface area contributed by atoms with E-state index in [4.69, 9.17) is 43.5 Å². The monoisotopic (exact) mass is 880 g/mol. The predicted molar refractivity (Wildman–Crippen MR) is 232 cm³/mol. The van der Waals surface area contributed by atoms with Crippen LogP contribution in [0.1, 0.15) is 78.2 Å². The van der Waals surface area contributed by atoms with Gasteiger partial charge in [-0.25, -0.2) is 19.4 Å². The summed E-state index contributed by atoms with van der Waals surface area (Å²) in [7, 11) is 0. The molecule has 0 spiro atoms. The number of aryl methyl sites for hydroxylation is 3. The van der Waals surface area contributed by atoms with Crippen molar-refractivity contribution in [3.8, 4) is 0 Å². The minimum atomic E-state index is -0.546. The first-order valence-electron chi connectivity index (χ1n) is 19.9. The number of hydrogen-bond donors (Lipinski definition) is 4. The van der Waals surface area contributed by atoms with E-state index in [2.05, 4.69) is 11.9 Å². The van der Waals surface area contributed by atoms with Gasteiger partial charge in [-0.05, 0) is 74.9 Å². The second-order valence-electron chi connectivity index (χ2n) is 13.7. The molecule has 60 heavy (non-hydrogen) atoms. The largest absolute Gasteiger partial charge is 1.00 e. The van der Waals surface area contributed by atoms with Crippen LogP contribution in [0, 0.1) is 0 Å². The number of fused-ring (bicyclic) bond motifs is 2. The van der Waals surface area contributed by atoms with Crippen LogP contribution in [-0.2, 0) is 45.7 Å². The van der Waals surface area contributed by atoms with Gasteiger partial charge in [0.1, 0.15) is 11.5 Å². The average molecular weight is 882 g/mol. The molecule has 6 aromatic rings. The molecule has 4 aromatic heterocycles. The number of aliphatic hydroxyl groups is 3. The summed E-state index contributed by atoms with van der Waals surface area (Å²) in [4.78, 5) is 71.3. The summed E-state index contributed by atoms with van der Waals surface area (Å²) >= 11 is 11.9. The summed E-state index contributed by atoms with van der Waals surface area (Å²) < 4.78 is 8.43. The summed E-state index contributed by atoms with van der Waals surface area (Å²) in [6, 6.07) is 14.5. The van der Waals surface area contributed by atoms with Crippen LogP contribution in [0.15, 0.2) is 72.5 Å². The number of nitrogens with one attached hydrogen (secondary N) is 1. The van der Waals surface area contributed by atoms with E-state index in [1.54, 1.807) is 35.8 Å². The zero-order valence-corrected chi connectivity index (χ0v) is 38.5. The molecule has 16 nitrogen and oxygen atoms in total. The normalized spacial score (nSPS) is 10.9.